The van der Waals surface area contributed by atoms with E-state index in [0.717, 1.165) is 20.9 Å². The number of pyridine rings is 1. The van der Waals surface area contributed by atoms with Crippen LogP contribution in [0.1, 0.15) is 16.9 Å². The highest BCUT2D eigenvalue weighted by Crippen LogP contribution is 2.16. The SMILES string of the molecule is O=C(CCNC(=O)c1nccc2ccccc12)Nc1ccc(Br)cc1. The molecule has 0 bridgehead atoms. The van der Waals surface area contributed by atoms with Crippen LogP contribution in [0.5, 0.6) is 0 Å². The van der Waals surface area contributed by atoms with Crippen LogP contribution in [0.25, 0.3) is 10.8 Å². The summed E-state index contributed by atoms with van der Waals surface area (Å²) in [4.78, 5) is 28.4. The van der Waals surface area contributed by atoms with Crippen LogP contribution < -0.4 is 10.6 Å². The van der Waals surface area contributed by atoms with Gasteiger partial charge in [0.05, 0.1) is 0 Å². The van der Waals surface area contributed by atoms with Gasteiger partial charge in [0.1, 0.15) is 5.69 Å². The van der Waals surface area contributed by atoms with E-state index in [4.69, 9.17) is 0 Å². The molecule has 2 amide bonds. The lowest BCUT2D eigenvalue weighted by atomic mass is 10.1. The molecule has 0 aliphatic heterocycles. The molecule has 2 aromatic carbocycles. The fourth-order valence-electron chi connectivity index (χ4n) is 2.43. The number of hydrogen-bond donors (Lipinski definition) is 2. The third-order valence-electron chi connectivity index (χ3n) is 3.65. The van der Waals surface area contributed by atoms with E-state index in [1.807, 2.05) is 42.5 Å². The summed E-state index contributed by atoms with van der Waals surface area (Å²) >= 11 is 3.34. The number of fused-ring (bicyclic) bond motifs is 1. The number of anilines is 1. The highest BCUT2D eigenvalue weighted by Gasteiger charge is 2.11. The zero-order valence-electron chi connectivity index (χ0n) is 13.3. The molecule has 1 heterocycles. The van der Waals surface area contributed by atoms with E-state index < -0.39 is 0 Å². The first-order chi connectivity index (χ1) is 12.1. The quantitative estimate of drug-likeness (QED) is 0.688. The molecular weight excluding hydrogens is 382 g/mol. The second-order valence-electron chi connectivity index (χ2n) is 5.44. The van der Waals surface area contributed by atoms with Gasteiger partial charge in [0.2, 0.25) is 5.91 Å². The summed E-state index contributed by atoms with van der Waals surface area (Å²) in [5.41, 5.74) is 1.08. The summed E-state index contributed by atoms with van der Waals surface area (Å²) in [7, 11) is 0. The van der Waals surface area contributed by atoms with Crippen molar-refractivity contribution in [1.29, 1.82) is 0 Å². The second kappa shape index (κ2) is 7.90. The Bertz CT molecular complexity index is 905. The fraction of sp³-hybridized carbons (Fsp3) is 0.105. The average Bonchev–Trinajstić information content (AvgIpc) is 2.63. The number of aromatic nitrogens is 1. The lowest BCUT2D eigenvalue weighted by Crippen LogP contribution is -2.28. The summed E-state index contributed by atoms with van der Waals surface area (Å²) in [6.45, 7) is 0.242. The van der Waals surface area contributed by atoms with E-state index in [-0.39, 0.29) is 24.8 Å². The summed E-state index contributed by atoms with van der Waals surface area (Å²) in [5.74, 6) is -0.443. The third kappa shape index (κ3) is 4.42. The molecule has 0 aliphatic rings. The fourth-order valence-corrected chi connectivity index (χ4v) is 2.69. The first kappa shape index (κ1) is 17.1. The van der Waals surface area contributed by atoms with Crippen LogP contribution in [0.4, 0.5) is 5.69 Å². The van der Waals surface area contributed by atoms with Gasteiger partial charge < -0.3 is 10.6 Å². The molecule has 0 radical (unpaired) electrons. The van der Waals surface area contributed by atoms with Gasteiger partial charge in [-0.2, -0.15) is 0 Å². The Morgan fingerprint density at radius 1 is 1.00 bits per heavy atom. The Morgan fingerprint density at radius 3 is 2.56 bits per heavy atom. The zero-order chi connectivity index (χ0) is 17.6. The standard InChI is InChI=1S/C19H16BrN3O2/c20-14-5-7-15(8-6-14)23-17(24)10-12-22-19(25)18-16-4-2-1-3-13(16)9-11-21-18/h1-9,11H,10,12H2,(H,22,25)(H,23,24). The van der Waals surface area contributed by atoms with Gasteiger partial charge in [-0.05, 0) is 35.7 Å². The van der Waals surface area contributed by atoms with Gasteiger partial charge in [-0.15, -0.1) is 0 Å². The third-order valence-corrected chi connectivity index (χ3v) is 4.18. The van der Waals surface area contributed by atoms with Crippen LogP contribution >= 0.6 is 15.9 Å². The van der Waals surface area contributed by atoms with Gasteiger partial charge in [0.25, 0.3) is 5.91 Å². The number of nitrogens with zero attached hydrogens (tertiary/aromatic N) is 1. The van der Waals surface area contributed by atoms with Crippen molar-refractivity contribution in [3.8, 4) is 0 Å². The minimum Gasteiger partial charge on any atom is -0.350 e. The van der Waals surface area contributed by atoms with Gasteiger partial charge in [0.15, 0.2) is 0 Å². The van der Waals surface area contributed by atoms with E-state index in [0.29, 0.717) is 5.69 Å². The summed E-state index contributed by atoms with van der Waals surface area (Å²) in [6.07, 6.45) is 1.80. The van der Waals surface area contributed by atoms with Gasteiger partial charge in [-0.25, -0.2) is 0 Å². The molecule has 2 N–H and O–H groups in total. The summed E-state index contributed by atoms with van der Waals surface area (Å²) in [5, 5.41) is 7.28. The molecule has 6 heteroatoms. The molecule has 1 aromatic heterocycles. The lowest BCUT2D eigenvalue weighted by molar-refractivity contribution is -0.116. The molecule has 3 aromatic rings. The molecule has 0 saturated carbocycles. The Hall–Kier alpha value is -2.73. The largest absolute Gasteiger partial charge is 0.350 e. The van der Waals surface area contributed by atoms with Gasteiger partial charge >= 0.3 is 0 Å². The average molecular weight is 398 g/mol. The van der Waals surface area contributed by atoms with Gasteiger partial charge in [-0.1, -0.05) is 40.2 Å². The molecule has 0 saturated heterocycles. The maximum absolute atomic E-state index is 12.3. The molecule has 0 fully saturated rings. The first-order valence-electron chi connectivity index (χ1n) is 7.81. The summed E-state index contributed by atoms with van der Waals surface area (Å²) in [6, 6.07) is 16.7. The number of nitrogens with one attached hydrogen (secondary N) is 2. The highest BCUT2D eigenvalue weighted by molar-refractivity contribution is 9.10. The number of halogens is 1. The number of carbonyl (C=O) groups is 2. The van der Waals surface area contributed by atoms with Crippen LogP contribution in [0.2, 0.25) is 0 Å². The molecule has 0 spiro atoms. The van der Waals surface area contributed by atoms with E-state index in [1.54, 1.807) is 18.3 Å². The molecule has 0 unspecified atom stereocenters. The van der Waals surface area contributed by atoms with Crippen LogP contribution in [-0.2, 0) is 4.79 Å². The van der Waals surface area contributed by atoms with Gasteiger partial charge in [0, 0.05) is 34.7 Å². The van der Waals surface area contributed by atoms with Crippen LogP contribution in [-0.4, -0.2) is 23.3 Å². The maximum Gasteiger partial charge on any atom is 0.270 e. The smallest absolute Gasteiger partial charge is 0.270 e. The Morgan fingerprint density at radius 2 is 1.76 bits per heavy atom. The van der Waals surface area contributed by atoms with Crippen molar-refractivity contribution in [2.75, 3.05) is 11.9 Å². The minimum atomic E-state index is -0.284. The number of benzene rings is 2. The molecule has 3 rings (SSSR count). The second-order valence-corrected chi connectivity index (χ2v) is 6.36. The highest BCUT2D eigenvalue weighted by atomic mass is 79.9. The molecule has 0 atom stereocenters. The van der Waals surface area contributed by atoms with E-state index in [9.17, 15) is 9.59 Å². The zero-order valence-corrected chi connectivity index (χ0v) is 14.9. The predicted octanol–water partition coefficient (Wildman–Crippen LogP) is 3.76. The molecule has 0 aliphatic carbocycles. The normalized spacial score (nSPS) is 10.4. The number of carbonyl (C=O) groups excluding carboxylic acids is 2. The van der Waals surface area contributed by atoms with E-state index >= 15 is 0 Å². The number of rotatable bonds is 5. The Balaban J connectivity index is 1.55. The van der Waals surface area contributed by atoms with Crippen molar-refractivity contribution >= 4 is 44.2 Å². The van der Waals surface area contributed by atoms with Crippen molar-refractivity contribution in [3.05, 3.63) is 71.0 Å². The molecular formula is C19H16BrN3O2. The van der Waals surface area contributed by atoms with Crippen molar-refractivity contribution in [1.82, 2.24) is 10.3 Å². The molecule has 25 heavy (non-hydrogen) atoms. The number of hydrogen-bond acceptors (Lipinski definition) is 3. The van der Waals surface area contributed by atoms with Crippen molar-refractivity contribution in [2.24, 2.45) is 0 Å². The lowest BCUT2D eigenvalue weighted by Gasteiger charge is -2.08. The summed E-state index contributed by atoms with van der Waals surface area (Å²) < 4.78 is 0.945. The Labute approximate surface area is 153 Å². The monoisotopic (exact) mass is 397 g/mol. The van der Waals surface area contributed by atoms with Crippen molar-refractivity contribution in [3.63, 3.8) is 0 Å². The van der Waals surface area contributed by atoms with Gasteiger partial charge in [-0.3, -0.25) is 14.6 Å². The molecule has 5 nitrogen and oxygen atoms in total. The van der Waals surface area contributed by atoms with Crippen LogP contribution in [0.3, 0.4) is 0 Å². The minimum absolute atomic E-state index is 0.159. The number of amides is 2. The first-order valence-corrected chi connectivity index (χ1v) is 8.60. The van der Waals surface area contributed by atoms with Crippen LogP contribution in [0.15, 0.2) is 65.3 Å². The Kier molecular flexibility index (Phi) is 5.40. The predicted molar refractivity (Wildman–Crippen MR) is 101 cm³/mol. The topological polar surface area (TPSA) is 71.1 Å². The van der Waals surface area contributed by atoms with Crippen LogP contribution in [0, 0.1) is 0 Å². The molecule has 126 valence electrons. The van der Waals surface area contributed by atoms with Crippen molar-refractivity contribution < 1.29 is 9.59 Å². The maximum atomic E-state index is 12.3. The van der Waals surface area contributed by atoms with E-state index in [2.05, 4.69) is 31.5 Å². The van der Waals surface area contributed by atoms with E-state index in [1.165, 1.54) is 0 Å². The van der Waals surface area contributed by atoms with Crippen molar-refractivity contribution in [2.45, 2.75) is 6.42 Å².